The van der Waals surface area contributed by atoms with Crippen LogP contribution in [0.3, 0.4) is 0 Å². The van der Waals surface area contributed by atoms with Gasteiger partial charge in [0.25, 0.3) is 0 Å². The van der Waals surface area contributed by atoms with Gasteiger partial charge < -0.3 is 5.32 Å². The van der Waals surface area contributed by atoms with Crippen molar-refractivity contribution in [1.82, 2.24) is 0 Å². The molecule has 0 aromatic heterocycles. The van der Waals surface area contributed by atoms with Crippen LogP contribution in [0, 0.1) is 11.3 Å². The van der Waals surface area contributed by atoms with E-state index in [1.807, 2.05) is 12.1 Å². The van der Waals surface area contributed by atoms with E-state index in [4.69, 9.17) is 0 Å². The maximum Gasteiger partial charge on any atom is 0.177 e. The SMILES string of the molecule is CC(CNc1ccccc1S(C)(=O)=O)C(C)(C)C. The maximum atomic E-state index is 11.7. The molecule has 1 unspecified atom stereocenters. The Labute approximate surface area is 111 Å². The minimum absolute atomic E-state index is 0.201. The van der Waals surface area contributed by atoms with Gasteiger partial charge in [0.1, 0.15) is 0 Å². The zero-order valence-electron chi connectivity index (χ0n) is 11.8. The first kappa shape index (κ1) is 15.0. The lowest BCUT2D eigenvalue weighted by Gasteiger charge is -2.28. The van der Waals surface area contributed by atoms with Crippen molar-refractivity contribution < 1.29 is 8.42 Å². The molecule has 0 aliphatic carbocycles. The third kappa shape index (κ3) is 4.02. The summed E-state index contributed by atoms with van der Waals surface area (Å²) in [5.41, 5.74) is 0.892. The van der Waals surface area contributed by atoms with Crippen molar-refractivity contribution in [3.63, 3.8) is 0 Å². The molecule has 0 radical (unpaired) electrons. The van der Waals surface area contributed by atoms with Gasteiger partial charge in [-0.2, -0.15) is 0 Å². The highest BCUT2D eigenvalue weighted by Crippen LogP contribution is 2.27. The highest BCUT2D eigenvalue weighted by molar-refractivity contribution is 7.90. The Morgan fingerprint density at radius 3 is 2.28 bits per heavy atom. The average Bonchev–Trinajstić information content (AvgIpc) is 2.23. The van der Waals surface area contributed by atoms with Crippen molar-refractivity contribution in [2.24, 2.45) is 11.3 Å². The summed E-state index contributed by atoms with van der Waals surface area (Å²) in [5.74, 6) is 0.449. The molecular formula is C14H23NO2S. The van der Waals surface area contributed by atoms with Crippen molar-refractivity contribution in [2.45, 2.75) is 32.6 Å². The summed E-state index contributed by atoms with van der Waals surface area (Å²) in [6, 6.07) is 7.04. The van der Waals surface area contributed by atoms with Crippen molar-refractivity contribution in [1.29, 1.82) is 0 Å². The molecule has 1 aromatic carbocycles. The number of nitrogens with one attached hydrogen (secondary N) is 1. The van der Waals surface area contributed by atoms with Gasteiger partial charge in [0.05, 0.1) is 10.6 Å². The molecule has 1 N–H and O–H groups in total. The van der Waals surface area contributed by atoms with Crippen LogP contribution in [-0.4, -0.2) is 21.2 Å². The minimum atomic E-state index is -3.18. The average molecular weight is 269 g/mol. The normalized spacial score (nSPS) is 14.3. The van der Waals surface area contributed by atoms with Crippen LogP contribution in [0.2, 0.25) is 0 Å². The Morgan fingerprint density at radius 1 is 1.22 bits per heavy atom. The highest BCUT2D eigenvalue weighted by atomic mass is 32.2. The summed E-state index contributed by atoms with van der Waals surface area (Å²) in [6.45, 7) is 9.47. The number of para-hydroxylation sites is 1. The lowest BCUT2D eigenvalue weighted by atomic mass is 9.82. The zero-order valence-corrected chi connectivity index (χ0v) is 12.6. The molecule has 0 aliphatic rings. The second-order valence-electron chi connectivity index (χ2n) is 5.92. The second-order valence-corrected chi connectivity index (χ2v) is 7.90. The molecule has 0 fully saturated rings. The zero-order chi connectivity index (χ0) is 14.0. The van der Waals surface area contributed by atoms with Crippen LogP contribution in [-0.2, 0) is 9.84 Å². The first-order valence-electron chi connectivity index (χ1n) is 6.15. The van der Waals surface area contributed by atoms with E-state index in [1.54, 1.807) is 12.1 Å². The van der Waals surface area contributed by atoms with Crippen LogP contribution in [0.5, 0.6) is 0 Å². The number of benzene rings is 1. The smallest absolute Gasteiger partial charge is 0.177 e. The molecule has 0 heterocycles. The summed E-state index contributed by atoms with van der Waals surface area (Å²) in [5, 5.41) is 3.25. The molecular weight excluding hydrogens is 246 g/mol. The van der Waals surface area contributed by atoms with E-state index in [2.05, 4.69) is 33.0 Å². The molecule has 0 aliphatic heterocycles. The molecule has 0 spiro atoms. The van der Waals surface area contributed by atoms with Gasteiger partial charge in [0.2, 0.25) is 0 Å². The monoisotopic (exact) mass is 269 g/mol. The van der Waals surface area contributed by atoms with E-state index in [9.17, 15) is 8.42 Å². The van der Waals surface area contributed by atoms with E-state index in [1.165, 1.54) is 6.26 Å². The predicted octanol–water partition coefficient (Wildman–Crippen LogP) is 3.18. The van der Waals surface area contributed by atoms with E-state index in [0.29, 0.717) is 16.5 Å². The van der Waals surface area contributed by atoms with E-state index in [-0.39, 0.29) is 5.41 Å². The number of hydrogen-bond acceptors (Lipinski definition) is 3. The summed E-state index contributed by atoms with van der Waals surface area (Å²) < 4.78 is 23.3. The van der Waals surface area contributed by atoms with E-state index >= 15 is 0 Å². The summed E-state index contributed by atoms with van der Waals surface area (Å²) in [6.07, 6.45) is 1.24. The van der Waals surface area contributed by atoms with Crippen molar-refractivity contribution in [3.05, 3.63) is 24.3 Å². The lowest BCUT2D eigenvalue weighted by molar-refractivity contribution is 0.274. The highest BCUT2D eigenvalue weighted by Gasteiger charge is 2.20. The molecule has 1 aromatic rings. The predicted molar refractivity (Wildman–Crippen MR) is 76.7 cm³/mol. The van der Waals surface area contributed by atoms with Gasteiger partial charge in [-0.15, -0.1) is 0 Å². The van der Waals surface area contributed by atoms with Crippen LogP contribution >= 0.6 is 0 Å². The van der Waals surface area contributed by atoms with Crippen molar-refractivity contribution in [2.75, 3.05) is 18.1 Å². The van der Waals surface area contributed by atoms with Gasteiger partial charge in [-0.3, -0.25) is 0 Å². The third-order valence-corrected chi connectivity index (χ3v) is 4.52. The Morgan fingerprint density at radius 2 is 1.78 bits per heavy atom. The number of sulfone groups is 1. The summed E-state index contributed by atoms with van der Waals surface area (Å²) in [4.78, 5) is 0.367. The fourth-order valence-corrected chi connectivity index (χ4v) is 2.37. The molecule has 1 atom stereocenters. The maximum absolute atomic E-state index is 11.7. The molecule has 0 bridgehead atoms. The Balaban J connectivity index is 2.87. The number of hydrogen-bond donors (Lipinski definition) is 1. The number of rotatable bonds is 4. The third-order valence-electron chi connectivity index (χ3n) is 3.36. The van der Waals surface area contributed by atoms with Gasteiger partial charge >= 0.3 is 0 Å². The molecule has 102 valence electrons. The van der Waals surface area contributed by atoms with E-state index < -0.39 is 9.84 Å². The van der Waals surface area contributed by atoms with Crippen LogP contribution in [0.1, 0.15) is 27.7 Å². The Kier molecular flexibility index (Phi) is 4.43. The Bertz CT molecular complexity index is 501. The minimum Gasteiger partial charge on any atom is -0.384 e. The number of anilines is 1. The molecule has 3 nitrogen and oxygen atoms in total. The molecule has 18 heavy (non-hydrogen) atoms. The molecule has 1 rings (SSSR count). The molecule has 0 amide bonds. The van der Waals surface area contributed by atoms with E-state index in [0.717, 1.165) is 6.54 Å². The van der Waals surface area contributed by atoms with Gasteiger partial charge in [0.15, 0.2) is 9.84 Å². The Hall–Kier alpha value is -1.03. The molecule has 4 heteroatoms. The van der Waals surface area contributed by atoms with Gasteiger partial charge in [0, 0.05) is 12.8 Å². The quantitative estimate of drug-likeness (QED) is 0.913. The summed E-state index contributed by atoms with van der Waals surface area (Å²) >= 11 is 0. The fourth-order valence-electron chi connectivity index (χ4n) is 1.51. The van der Waals surface area contributed by atoms with Crippen LogP contribution in [0.15, 0.2) is 29.2 Å². The van der Waals surface area contributed by atoms with Gasteiger partial charge in [-0.05, 0) is 23.5 Å². The van der Waals surface area contributed by atoms with Crippen molar-refractivity contribution >= 4 is 15.5 Å². The molecule has 0 saturated heterocycles. The first-order valence-corrected chi connectivity index (χ1v) is 8.04. The largest absolute Gasteiger partial charge is 0.384 e. The first-order chi connectivity index (χ1) is 8.12. The van der Waals surface area contributed by atoms with Crippen molar-refractivity contribution in [3.8, 4) is 0 Å². The van der Waals surface area contributed by atoms with Gasteiger partial charge in [-0.25, -0.2) is 8.42 Å². The topological polar surface area (TPSA) is 46.2 Å². The van der Waals surface area contributed by atoms with Crippen LogP contribution in [0.25, 0.3) is 0 Å². The fraction of sp³-hybridized carbons (Fsp3) is 0.571. The lowest BCUT2D eigenvalue weighted by Crippen LogP contribution is -2.25. The standard InChI is InChI=1S/C14H23NO2S/c1-11(14(2,3)4)10-15-12-8-6-7-9-13(12)18(5,16)17/h6-9,11,15H,10H2,1-5H3. The molecule has 0 saturated carbocycles. The summed E-state index contributed by atoms with van der Waals surface area (Å²) in [7, 11) is -3.18. The van der Waals surface area contributed by atoms with Crippen LogP contribution < -0.4 is 5.32 Å². The van der Waals surface area contributed by atoms with Crippen LogP contribution in [0.4, 0.5) is 5.69 Å². The second kappa shape index (κ2) is 5.31. The van der Waals surface area contributed by atoms with Gasteiger partial charge in [-0.1, -0.05) is 39.8 Å².